The number of carbonyl (C=O) groups excluding carboxylic acids is 1. The van der Waals surface area contributed by atoms with Crippen LogP contribution in [0.1, 0.15) is 34.3 Å². The fourth-order valence-electron chi connectivity index (χ4n) is 3.91. The first-order valence-corrected chi connectivity index (χ1v) is 9.42. The first-order chi connectivity index (χ1) is 13.1. The van der Waals surface area contributed by atoms with Crippen LogP contribution in [0.15, 0.2) is 54.7 Å². The lowest BCUT2D eigenvalue weighted by atomic mass is 10.0. The molecular weight excluding hydrogens is 338 g/mol. The average molecular weight is 363 g/mol. The van der Waals surface area contributed by atoms with E-state index in [0.717, 1.165) is 29.4 Å². The summed E-state index contributed by atoms with van der Waals surface area (Å²) in [5, 5.41) is 1.03. The Balaban J connectivity index is 1.55. The van der Waals surface area contributed by atoms with Crippen molar-refractivity contribution in [3.8, 4) is 0 Å². The van der Waals surface area contributed by atoms with Gasteiger partial charge in [-0.2, -0.15) is 0 Å². The van der Waals surface area contributed by atoms with Crippen LogP contribution < -0.4 is 5.84 Å². The second kappa shape index (κ2) is 7.45. The van der Waals surface area contributed by atoms with E-state index in [1.165, 1.54) is 18.4 Å². The number of nitrogens with zero attached hydrogens (tertiary/aromatic N) is 2. The summed E-state index contributed by atoms with van der Waals surface area (Å²) in [6.45, 7) is 1.42. The zero-order valence-electron chi connectivity index (χ0n) is 15.6. The third kappa shape index (κ3) is 3.69. The molecule has 1 aliphatic rings. The summed E-state index contributed by atoms with van der Waals surface area (Å²) >= 11 is 0. The van der Waals surface area contributed by atoms with Crippen LogP contribution in [0.3, 0.4) is 0 Å². The van der Waals surface area contributed by atoms with Gasteiger partial charge in [0.15, 0.2) is 0 Å². The summed E-state index contributed by atoms with van der Waals surface area (Å²) in [6.07, 6.45) is 5.36. The predicted molar refractivity (Wildman–Crippen MR) is 107 cm³/mol. The van der Waals surface area contributed by atoms with Crippen LogP contribution in [0.4, 0.5) is 0 Å². The predicted octanol–water partition coefficient (Wildman–Crippen LogP) is 3.35. The molecule has 1 atom stereocenters. The molecular formula is C22H25N3O2. The number of nitrogen functional groups attached to an aromatic ring is 1. The smallest absolute Gasteiger partial charge is 0.338 e. The Hall–Kier alpha value is -2.79. The molecule has 2 heterocycles. The fourth-order valence-corrected chi connectivity index (χ4v) is 3.91. The van der Waals surface area contributed by atoms with Crippen LogP contribution in [-0.2, 0) is 17.8 Å². The Bertz CT molecular complexity index is 949. The number of benzene rings is 2. The van der Waals surface area contributed by atoms with Gasteiger partial charge in [-0.15, -0.1) is 0 Å². The molecule has 4 rings (SSSR count). The fraction of sp³-hybridized carbons (Fsp3) is 0.318. The van der Waals surface area contributed by atoms with Crippen LogP contribution in [0.25, 0.3) is 10.9 Å². The molecule has 140 valence electrons. The van der Waals surface area contributed by atoms with Crippen molar-refractivity contribution >= 4 is 16.9 Å². The molecule has 0 unspecified atom stereocenters. The minimum Gasteiger partial charge on any atom is -0.457 e. The number of likely N-dealkylation sites (N-methyl/N-ethyl adjacent to an activating group) is 1. The highest BCUT2D eigenvalue weighted by Gasteiger charge is 2.23. The maximum absolute atomic E-state index is 12.5. The number of nitrogens with two attached hydrogens (primary N) is 1. The van der Waals surface area contributed by atoms with Crippen molar-refractivity contribution in [3.63, 3.8) is 0 Å². The van der Waals surface area contributed by atoms with E-state index < -0.39 is 0 Å². The Morgan fingerprint density at radius 1 is 1.22 bits per heavy atom. The number of carbonyl (C=O) groups is 1. The molecule has 1 aromatic heterocycles. The highest BCUT2D eigenvalue weighted by Crippen LogP contribution is 2.26. The van der Waals surface area contributed by atoms with Crippen molar-refractivity contribution < 1.29 is 9.53 Å². The zero-order chi connectivity index (χ0) is 18.8. The maximum atomic E-state index is 12.5. The van der Waals surface area contributed by atoms with E-state index in [0.29, 0.717) is 11.6 Å². The van der Waals surface area contributed by atoms with Crippen LogP contribution in [-0.4, -0.2) is 35.2 Å². The largest absolute Gasteiger partial charge is 0.457 e. The van der Waals surface area contributed by atoms with Gasteiger partial charge < -0.3 is 15.5 Å². The number of rotatable bonds is 5. The topological polar surface area (TPSA) is 60.5 Å². The standard InChI is InChI=1S/C22H25N3O2/c1-24-11-5-8-19(24)12-18-14-25(23)21-10-9-17(13-20(18)21)22(26)27-15-16-6-3-2-4-7-16/h2-4,6-7,9-10,13-14,19H,5,8,11-12,15,23H2,1H3/t19-/m1/s1. The van der Waals surface area contributed by atoms with E-state index in [2.05, 4.69) is 11.9 Å². The highest BCUT2D eigenvalue weighted by molar-refractivity contribution is 5.96. The third-order valence-electron chi connectivity index (χ3n) is 5.49. The van der Waals surface area contributed by atoms with E-state index in [1.54, 1.807) is 10.7 Å². The summed E-state index contributed by atoms with van der Waals surface area (Å²) in [5.41, 5.74) is 3.66. The molecule has 5 heteroatoms. The van der Waals surface area contributed by atoms with Gasteiger partial charge in [0.25, 0.3) is 0 Å². The third-order valence-corrected chi connectivity index (χ3v) is 5.49. The molecule has 1 fully saturated rings. The molecule has 0 aliphatic carbocycles. The number of hydrogen-bond donors (Lipinski definition) is 1. The van der Waals surface area contributed by atoms with Gasteiger partial charge in [0.2, 0.25) is 0 Å². The van der Waals surface area contributed by atoms with Gasteiger partial charge in [-0.3, -0.25) is 4.68 Å². The molecule has 0 saturated carbocycles. The second-order valence-electron chi connectivity index (χ2n) is 7.34. The Morgan fingerprint density at radius 3 is 2.78 bits per heavy atom. The first kappa shape index (κ1) is 17.6. The number of hydrogen-bond acceptors (Lipinski definition) is 4. The summed E-state index contributed by atoms with van der Waals surface area (Å²) in [7, 11) is 2.17. The molecule has 0 radical (unpaired) electrons. The van der Waals surface area contributed by atoms with E-state index >= 15 is 0 Å². The molecule has 5 nitrogen and oxygen atoms in total. The minimum absolute atomic E-state index is 0.273. The van der Waals surface area contributed by atoms with Gasteiger partial charge >= 0.3 is 5.97 Å². The van der Waals surface area contributed by atoms with Crippen LogP contribution in [0, 0.1) is 0 Å². The van der Waals surface area contributed by atoms with Gasteiger partial charge in [-0.1, -0.05) is 30.3 Å². The van der Waals surface area contributed by atoms with Gasteiger partial charge in [-0.05, 0) is 62.2 Å². The van der Waals surface area contributed by atoms with Crippen molar-refractivity contribution in [2.75, 3.05) is 19.4 Å². The Labute approximate surface area is 159 Å². The number of likely N-dealkylation sites (tertiary alicyclic amines) is 1. The highest BCUT2D eigenvalue weighted by atomic mass is 16.5. The van der Waals surface area contributed by atoms with Gasteiger partial charge in [0.1, 0.15) is 6.61 Å². The molecule has 2 aromatic carbocycles. The van der Waals surface area contributed by atoms with Gasteiger partial charge in [0.05, 0.1) is 11.1 Å². The molecule has 0 spiro atoms. The Kier molecular flexibility index (Phi) is 4.86. The number of esters is 1. The maximum Gasteiger partial charge on any atom is 0.338 e. The minimum atomic E-state index is -0.311. The lowest BCUT2D eigenvalue weighted by Crippen LogP contribution is -2.26. The summed E-state index contributed by atoms with van der Waals surface area (Å²) in [5.74, 6) is 5.82. The SMILES string of the molecule is CN1CCC[C@@H]1Cc1cn(N)c2ccc(C(=O)OCc3ccccc3)cc12. The van der Waals surface area contributed by atoms with Crippen molar-refractivity contribution in [3.05, 3.63) is 71.4 Å². The summed E-state index contributed by atoms with van der Waals surface area (Å²) in [4.78, 5) is 14.9. The van der Waals surface area contributed by atoms with E-state index in [-0.39, 0.29) is 12.6 Å². The monoisotopic (exact) mass is 363 g/mol. The lowest BCUT2D eigenvalue weighted by molar-refractivity contribution is 0.0473. The molecule has 3 aromatic rings. The van der Waals surface area contributed by atoms with Crippen molar-refractivity contribution in [2.45, 2.75) is 31.9 Å². The first-order valence-electron chi connectivity index (χ1n) is 9.42. The van der Waals surface area contributed by atoms with Crippen molar-refractivity contribution in [2.24, 2.45) is 0 Å². The van der Waals surface area contributed by atoms with Crippen LogP contribution >= 0.6 is 0 Å². The number of aromatic nitrogens is 1. The summed E-state index contributed by atoms with van der Waals surface area (Å²) < 4.78 is 7.13. The number of ether oxygens (including phenoxy) is 1. The quantitative estimate of drug-likeness (QED) is 0.558. The van der Waals surface area contributed by atoms with Gasteiger partial charge in [-0.25, -0.2) is 4.79 Å². The van der Waals surface area contributed by atoms with Crippen molar-refractivity contribution in [1.82, 2.24) is 9.58 Å². The Morgan fingerprint density at radius 2 is 2.04 bits per heavy atom. The number of fused-ring (bicyclic) bond motifs is 1. The van der Waals surface area contributed by atoms with E-state index in [9.17, 15) is 4.79 Å². The molecule has 0 amide bonds. The average Bonchev–Trinajstić information content (AvgIpc) is 3.24. The lowest BCUT2D eigenvalue weighted by Gasteiger charge is -2.18. The molecule has 1 aliphatic heterocycles. The molecule has 2 N–H and O–H groups in total. The van der Waals surface area contributed by atoms with Crippen LogP contribution in [0.2, 0.25) is 0 Å². The van der Waals surface area contributed by atoms with Gasteiger partial charge in [0, 0.05) is 17.6 Å². The second-order valence-corrected chi connectivity index (χ2v) is 7.34. The van der Waals surface area contributed by atoms with Crippen molar-refractivity contribution in [1.29, 1.82) is 0 Å². The van der Waals surface area contributed by atoms with E-state index in [1.807, 2.05) is 48.7 Å². The zero-order valence-corrected chi connectivity index (χ0v) is 15.6. The molecule has 0 bridgehead atoms. The van der Waals surface area contributed by atoms with Crippen LogP contribution in [0.5, 0.6) is 0 Å². The molecule has 27 heavy (non-hydrogen) atoms. The van der Waals surface area contributed by atoms with E-state index in [4.69, 9.17) is 10.6 Å². The molecule has 1 saturated heterocycles. The summed E-state index contributed by atoms with van der Waals surface area (Å²) in [6, 6.07) is 15.8. The normalized spacial score (nSPS) is 17.4.